The van der Waals surface area contributed by atoms with E-state index in [2.05, 4.69) is 15.3 Å². The van der Waals surface area contributed by atoms with E-state index in [1.807, 2.05) is 60.7 Å². The number of hydrogen-bond acceptors (Lipinski definition) is 2. The zero-order chi connectivity index (χ0) is 19.4. The van der Waals surface area contributed by atoms with Crippen molar-refractivity contribution in [1.82, 2.24) is 9.36 Å². The molecule has 3 rings (SSSR count). The van der Waals surface area contributed by atoms with Gasteiger partial charge in [0, 0.05) is 12.7 Å². The van der Waals surface area contributed by atoms with Gasteiger partial charge in [0.1, 0.15) is 0 Å². The third kappa shape index (κ3) is 3.90. The van der Waals surface area contributed by atoms with E-state index in [9.17, 15) is 4.79 Å². The van der Waals surface area contributed by atoms with E-state index in [4.69, 9.17) is 11.5 Å². The third-order valence-corrected chi connectivity index (χ3v) is 4.03. The zero-order valence-corrected chi connectivity index (χ0v) is 15.1. The molecule has 5 N–H and O–H groups in total. The van der Waals surface area contributed by atoms with Crippen molar-refractivity contribution in [3.8, 4) is 5.69 Å². The maximum Gasteiger partial charge on any atom is 0.297 e. The van der Waals surface area contributed by atoms with Crippen LogP contribution >= 0.6 is 0 Å². The minimum absolute atomic E-state index is 0.0828. The van der Waals surface area contributed by atoms with Crippen molar-refractivity contribution in [2.75, 3.05) is 5.32 Å². The molecule has 0 aliphatic carbocycles. The van der Waals surface area contributed by atoms with E-state index in [0.29, 0.717) is 5.69 Å². The molecule has 138 valence electrons. The first-order chi connectivity index (χ1) is 13.0. The van der Waals surface area contributed by atoms with Crippen molar-refractivity contribution in [2.24, 2.45) is 28.5 Å². The predicted octanol–water partition coefficient (Wildman–Crippen LogP) is 1.86. The summed E-state index contributed by atoms with van der Waals surface area (Å²) in [7, 11) is 1.79. The molecule has 8 heteroatoms. The number of benzene rings is 2. The minimum Gasteiger partial charge on any atom is -0.369 e. The summed E-state index contributed by atoms with van der Waals surface area (Å²) in [6, 6.07) is 18.6. The Morgan fingerprint density at radius 2 is 1.59 bits per heavy atom. The summed E-state index contributed by atoms with van der Waals surface area (Å²) in [4.78, 5) is 21.0. The fourth-order valence-corrected chi connectivity index (χ4v) is 2.64. The Kier molecular flexibility index (Phi) is 5.07. The first kappa shape index (κ1) is 18.0. The normalized spacial score (nSPS) is 12.2. The van der Waals surface area contributed by atoms with Crippen LogP contribution < -0.4 is 22.3 Å². The molecule has 1 aromatic heterocycles. The molecule has 3 aromatic rings. The van der Waals surface area contributed by atoms with Gasteiger partial charge in [-0.3, -0.25) is 9.48 Å². The van der Waals surface area contributed by atoms with Gasteiger partial charge in [-0.1, -0.05) is 36.4 Å². The average molecular weight is 363 g/mol. The van der Waals surface area contributed by atoms with E-state index < -0.39 is 0 Å². The van der Waals surface area contributed by atoms with Crippen molar-refractivity contribution in [1.29, 1.82) is 0 Å². The third-order valence-electron chi connectivity index (χ3n) is 4.03. The number of nitrogens with zero attached hydrogens (tertiary/aromatic N) is 4. The summed E-state index contributed by atoms with van der Waals surface area (Å²) in [5.41, 5.74) is 13.8. The monoisotopic (exact) mass is 363 g/mol. The van der Waals surface area contributed by atoms with Crippen molar-refractivity contribution in [3.05, 3.63) is 76.7 Å². The van der Waals surface area contributed by atoms with E-state index in [0.717, 1.165) is 11.4 Å². The Balaban J connectivity index is 1.93. The Morgan fingerprint density at radius 3 is 2.22 bits per heavy atom. The Labute approximate surface area is 156 Å². The lowest BCUT2D eigenvalue weighted by Crippen LogP contribution is -2.26. The van der Waals surface area contributed by atoms with Crippen LogP contribution in [-0.4, -0.2) is 21.3 Å². The summed E-state index contributed by atoms with van der Waals surface area (Å²) >= 11 is 0. The highest BCUT2D eigenvalue weighted by atomic mass is 16.1. The highest BCUT2D eigenvalue weighted by Gasteiger charge is 2.15. The number of aliphatic imine (C=N–C) groups is 2. The standard InChI is InChI=1S/C19H21N7O/c1-13-16(17(27)26(25(13)2)15-11-7-4-8-12-15)23-19(21)24-18(20)22-14-9-5-3-6-10-14/h3-12H,1-2H3,(H5,20,21,22,23,24). The largest absolute Gasteiger partial charge is 0.369 e. The second-order valence-corrected chi connectivity index (χ2v) is 5.87. The van der Waals surface area contributed by atoms with Gasteiger partial charge in [-0.05, 0) is 31.2 Å². The smallest absolute Gasteiger partial charge is 0.297 e. The van der Waals surface area contributed by atoms with Gasteiger partial charge >= 0.3 is 0 Å². The van der Waals surface area contributed by atoms with Gasteiger partial charge in [0.2, 0.25) is 11.9 Å². The molecule has 0 spiro atoms. The number of aromatic nitrogens is 2. The second-order valence-electron chi connectivity index (χ2n) is 5.87. The fourth-order valence-electron chi connectivity index (χ4n) is 2.64. The quantitative estimate of drug-likeness (QED) is 0.486. The maximum atomic E-state index is 12.8. The summed E-state index contributed by atoms with van der Waals surface area (Å²) in [5, 5.41) is 2.91. The van der Waals surface area contributed by atoms with Crippen molar-refractivity contribution in [3.63, 3.8) is 0 Å². The number of guanidine groups is 2. The van der Waals surface area contributed by atoms with Crippen LogP contribution in [0.4, 0.5) is 11.4 Å². The molecule has 0 atom stereocenters. The van der Waals surface area contributed by atoms with Crippen LogP contribution in [0, 0.1) is 6.92 Å². The second kappa shape index (κ2) is 7.61. The summed E-state index contributed by atoms with van der Waals surface area (Å²) in [5.74, 6) is -0.0265. The van der Waals surface area contributed by atoms with Crippen molar-refractivity contribution in [2.45, 2.75) is 6.92 Å². The van der Waals surface area contributed by atoms with Crippen molar-refractivity contribution < 1.29 is 0 Å². The van der Waals surface area contributed by atoms with Gasteiger partial charge in [0.25, 0.3) is 5.56 Å². The molecular formula is C19H21N7O. The zero-order valence-electron chi connectivity index (χ0n) is 15.1. The van der Waals surface area contributed by atoms with Gasteiger partial charge in [0.15, 0.2) is 5.69 Å². The molecule has 2 aromatic carbocycles. The molecule has 0 aliphatic heterocycles. The van der Waals surface area contributed by atoms with Gasteiger partial charge in [-0.25, -0.2) is 9.67 Å². The lowest BCUT2D eigenvalue weighted by molar-refractivity contribution is 0.630. The van der Waals surface area contributed by atoms with Gasteiger partial charge < -0.3 is 16.8 Å². The number of anilines is 1. The summed E-state index contributed by atoms with van der Waals surface area (Å²) in [6.07, 6.45) is 0. The van der Waals surface area contributed by atoms with Crippen LogP contribution in [0.2, 0.25) is 0 Å². The molecule has 0 saturated heterocycles. The van der Waals surface area contributed by atoms with Crippen LogP contribution in [0.5, 0.6) is 0 Å². The topological polar surface area (TPSA) is 116 Å². The van der Waals surface area contributed by atoms with Crippen LogP contribution in [0.3, 0.4) is 0 Å². The maximum absolute atomic E-state index is 12.8. The van der Waals surface area contributed by atoms with Gasteiger partial charge in [-0.15, -0.1) is 0 Å². The molecule has 8 nitrogen and oxygen atoms in total. The summed E-state index contributed by atoms with van der Waals surface area (Å²) in [6.45, 7) is 1.79. The average Bonchev–Trinajstić information content (AvgIpc) is 2.86. The molecule has 0 radical (unpaired) electrons. The Morgan fingerprint density at radius 1 is 1.00 bits per heavy atom. The first-order valence-electron chi connectivity index (χ1n) is 8.32. The van der Waals surface area contributed by atoms with E-state index >= 15 is 0 Å². The van der Waals surface area contributed by atoms with Crippen LogP contribution in [0.25, 0.3) is 5.69 Å². The van der Waals surface area contributed by atoms with Crippen molar-refractivity contribution >= 4 is 23.3 Å². The highest BCUT2D eigenvalue weighted by Crippen LogP contribution is 2.16. The Bertz CT molecular complexity index is 1050. The molecule has 27 heavy (non-hydrogen) atoms. The number of hydrogen-bond donors (Lipinski definition) is 3. The van der Waals surface area contributed by atoms with E-state index in [-0.39, 0.29) is 23.2 Å². The van der Waals surface area contributed by atoms with Gasteiger partial charge in [-0.2, -0.15) is 4.99 Å². The van der Waals surface area contributed by atoms with Crippen LogP contribution in [-0.2, 0) is 7.05 Å². The molecule has 1 heterocycles. The van der Waals surface area contributed by atoms with E-state index in [1.54, 1.807) is 18.7 Å². The molecule has 0 fully saturated rings. The van der Waals surface area contributed by atoms with Crippen LogP contribution in [0.1, 0.15) is 5.69 Å². The van der Waals surface area contributed by atoms with Gasteiger partial charge in [0.05, 0.1) is 11.4 Å². The van der Waals surface area contributed by atoms with Crippen LogP contribution in [0.15, 0.2) is 75.4 Å². The minimum atomic E-state index is -0.283. The summed E-state index contributed by atoms with van der Waals surface area (Å²) < 4.78 is 3.25. The Hall–Kier alpha value is -3.81. The number of nitrogens with one attached hydrogen (secondary N) is 1. The lowest BCUT2D eigenvalue weighted by atomic mass is 10.3. The molecule has 0 saturated carbocycles. The predicted molar refractivity (Wildman–Crippen MR) is 109 cm³/mol. The number of para-hydroxylation sites is 2. The molecule has 0 bridgehead atoms. The molecule has 0 amide bonds. The number of rotatable bonds is 3. The molecule has 0 unspecified atom stereocenters. The first-order valence-corrected chi connectivity index (χ1v) is 8.32. The molecule has 0 aliphatic rings. The number of nitrogens with two attached hydrogens (primary N) is 2. The fraction of sp³-hybridized carbons (Fsp3) is 0.105. The molecular weight excluding hydrogens is 342 g/mol. The highest BCUT2D eigenvalue weighted by molar-refractivity contribution is 6.01. The SMILES string of the molecule is Cc1c(N=C(N)N=C(N)Nc2ccccc2)c(=O)n(-c2ccccc2)n1C. The lowest BCUT2D eigenvalue weighted by Gasteiger charge is -2.07. The van der Waals surface area contributed by atoms with E-state index in [1.165, 1.54) is 4.68 Å².